The van der Waals surface area contributed by atoms with Gasteiger partial charge in [-0.05, 0) is 38.5 Å². The summed E-state index contributed by atoms with van der Waals surface area (Å²) < 4.78 is 0. The first-order valence-electron chi connectivity index (χ1n) is 21.5. The van der Waals surface area contributed by atoms with Crippen molar-refractivity contribution in [3.63, 3.8) is 0 Å². The van der Waals surface area contributed by atoms with Gasteiger partial charge in [-0.25, -0.2) is 0 Å². The fourth-order valence-electron chi connectivity index (χ4n) is 6.75. The van der Waals surface area contributed by atoms with E-state index < -0.39 is 18.2 Å². The number of unbranched alkanes of at least 4 members (excludes halogenated alkanes) is 29. The normalized spacial score (nSPS) is 13.7. The van der Waals surface area contributed by atoms with Gasteiger partial charge in [0.25, 0.3) is 0 Å². The number of aliphatic hydroxyl groups is 3. The Labute approximate surface area is 299 Å². The van der Waals surface area contributed by atoms with Crippen molar-refractivity contribution >= 4 is 5.91 Å². The van der Waals surface area contributed by atoms with Gasteiger partial charge in [0.2, 0.25) is 5.91 Å². The number of rotatable bonds is 39. The summed E-state index contributed by atoms with van der Waals surface area (Å²) >= 11 is 0. The number of nitrogens with one attached hydrogen (secondary N) is 1. The molecule has 4 N–H and O–H groups in total. The smallest absolute Gasteiger partial charge is 0.220 e. The van der Waals surface area contributed by atoms with Crippen LogP contribution in [0.3, 0.4) is 0 Å². The summed E-state index contributed by atoms with van der Waals surface area (Å²) in [5.74, 6) is -0.151. The largest absolute Gasteiger partial charge is 0.394 e. The molecule has 3 atom stereocenters. The lowest BCUT2D eigenvalue weighted by atomic mass is 10.0. The molecule has 0 aliphatic carbocycles. The zero-order valence-electron chi connectivity index (χ0n) is 32.4. The molecule has 0 spiro atoms. The molecule has 0 aliphatic rings. The highest BCUT2D eigenvalue weighted by atomic mass is 16.3. The Balaban J connectivity index is 3.65. The summed E-state index contributed by atoms with van der Waals surface area (Å²) in [6, 6.07) is -0.820. The van der Waals surface area contributed by atoms with Gasteiger partial charge >= 0.3 is 0 Å². The van der Waals surface area contributed by atoms with Gasteiger partial charge in [-0.15, -0.1) is 0 Å². The van der Waals surface area contributed by atoms with Crippen LogP contribution < -0.4 is 5.32 Å². The van der Waals surface area contributed by atoms with Crippen LogP contribution in [-0.4, -0.2) is 46.1 Å². The average Bonchev–Trinajstić information content (AvgIpc) is 3.09. The monoisotopic (exact) mass is 680 g/mol. The van der Waals surface area contributed by atoms with Crippen molar-refractivity contribution in [3.8, 4) is 0 Å². The second kappa shape index (κ2) is 38.9. The highest BCUT2D eigenvalue weighted by molar-refractivity contribution is 5.76. The Morgan fingerprint density at radius 2 is 0.833 bits per heavy atom. The van der Waals surface area contributed by atoms with E-state index in [2.05, 4.69) is 31.3 Å². The standard InChI is InChI=1S/C43H85NO4/c1-3-5-7-9-11-13-15-17-19-20-21-22-24-25-27-29-31-33-35-37-41(46)43(48)40(39-45)44-42(47)38-36-34-32-30-28-26-23-18-16-14-12-10-8-6-4-2/h29,31,40-41,43,45-46,48H,3-28,30,32-39H2,1-2H3,(H,44,47)/b31-29+. The Morgan fingerprint density at radius 1 is 0.500 bits per heavy atom. The number of hydrogen-bond acceptors (Lipinski definition) is 4. The van der Waals surface area contributed by atoms with E-state index in [0.717, 1.165) is 38.5 Å². The second-order valence-corrected chi connectivity index (χ2v) is 14.9. The molecule has 3 unspecified atom stereocenters. The number of aliphatic hydroxyl groups excluding tert-OH is 3. The fraction of sp³-hybridized carbons (Fsp3) is 0.930. The van der Waals surface area contributed by atoms with Crippen molar-refractivity contribution in [3.05, 3.63) is 12.2 Å². The third-order valence-electron chi connectivity index (χ3n) is 10.1. The van der Waals surface area contributed by atoms with Crippen molar-refractivity contribution in [2.24, 2.45) is 0 Å². The first-order chi connectivity index (χ1) is 23.6. The van der Waals surface area contributed by atoms with Crippen LogP contribution in [0.25, 0.3) is 0 Å². The Morgan fingerprint density at radius 3 is 1.21 bits per heavy atom. The predicted molar refractivity (Wildman–Crippen MR) is 208 cm³/mol. The first-order valence-corrected chi connectivity index (χ1v) is 21.5. The molecule has 5 nitrogen and oxygen atoms in total. The van der Waals surface area contributed by atoms with Crippen LogP contribution in [0.4, 0.5) is 0 Å². The lowest BCUT2D eigenvalue weighted by molar-refractivity contribution is -0.124. The van der Waals surface area contributed by atoms with E-state index in [4.69, 9.17) is 0 Å². The Hall–Kier alpha value is -0.910. The molecule has 0 aliphatic heterocycles. The van der Waals surface area contributed by atoms with Crippen molar-refractivity contribution in [2.75, 3.05) is 6.61 Å². The second-order valence-electron chi connectivity index (χ2n) is 14.9. The highest BCUT2D eigenvalue weighted by Gasteiger charge is 2.26. The highest BCUT2D eigenvalue weighted by Crippen LogP contribution is 2.16. The summed E-state index contributed by atoms with van der Waals surface area (Å²) in [4.78, 5) is 12.4. The topological polar surface area (TPSA) is 89.8 Å². The molecular weight excluding hydrogens is 594 g/mol. The number of carbonyl (C=O) groups is 1. The molecule has 0 saturated carbocycles. The van der Waals surface area contributed by atoms with Crippen molar-refractivity contribution in [2.45, 2.75) is 250 Å². The molecule has 0 radical (unpaired) electrons. The fourth-order valence-corrected chi connectivity index (χ4v) is 6.75. The summed E-state index contributed by atoms with van der Waals surface area (Å²) in [5.41, 5.74) is 0. The minimum atomic E-state index is -1.15. The van der Waals surface area contributed by atoms with Gasteiger partial charge in [0.05, 0.1) is 18.8 Å². The van der Waals surface area contributed by atoms with Crippen LogP contribution in [0.5, 0.6) is 0 Å². The summed E-state index contributed by atoms with van der Waals surface area (Å²) in [6.45, 7) is 4.18. The van der Waals surface area contributed by atoms with E-state index in [9.17, 15) is 20.1 Å². The molecule has 0 heterocycles. The molecular formula is C43H85NO4. The summed E-state index contributed by atoms with van der Waals surface area (Å²) in [7, 11) is 0. The lowest BCUT2D eigenvalue weighted by Crippen LogP contribution is -2.50. The van der Waals surface area contributed by atoms with Crippen LogP contribution in [0.15, 0.2) is 12.2 Å². The molecule has 48 heavy (non-hydrogen) atoms. The Kier molecular flexibility index (Phi) is 38.1. The van der Waals surface area contributed by atoms with Gasteiger partial charge in [0, 0.05) is 6.42 Å². The van der Waals surface area contributed by atoms with E-state index >= 15 is 0 Å². The van der Waals surface area contributed by atoms with E-state index in [-0.39, 0.29) is 12.5 Å². The van der Waals surface area contributed by atoms with Gasteiger partial charge in [-0.3, -0.25) is 4.79 Å². The van der Waals surface area contributed by atoms with Crippen LogP contribution in [0.1, 0.15) is 232 Å². The molecule has 0 fully saturated rings. The quantitative estimate of drug-likeness (QED) is 0.0384. The van der Waals surface area contributed by atoms with E-state index in [0.29, 0.717) is 12.8 Å². The lowest BCUT2D eigenvalue weighted by Gasteiger charge is -2.26. The van der Waals surface area contributed by atoms with E-state index in [1.54, 1.807) is 0 Å². The Bertz CT molecular complexity index is 669. The van der Waals surface area contributed by atoms with Gasteiger partial charge in [0.1, 0.15) is 6.10 Å². The molecule has 0 bridgehead atoms. The maximum absolute atomic E-state index is 12.4. The molecule has 5 heteroatoms. The van der Waals surface area contributed by atoms with Gasteiger partial charge in [-0.2, -0.15) is 0 Å². The molecule has 0 aromatic rings. The van der Waals surface area contributed by atoms with Crippen molar-refractivity contribution in [1.82, 2.24) is 5.32 Å². The minimum absolute atomic E-state index is 0.151. The average molecular weight is 680 g/mol. The first kappa shape index (κ1) is 47.1. The van der Waals surface area contributed by atoms with E-state index in [1.165, 1.54) is 167 Å². The van der Waals surface area contributed by atoms with E-state index in [1.807, 2.05) is 0 Å². The zero-order valence-corrected chi connectivity index (χ0v) is 32.4. The summed E-state index contributed by atoms with van der Waals surface area (Å²) in [6.07, 6.45) is 44.6. The maximum atomic E-state index is 12.4. The molecule has 0 aromatic carbocycles. The zero-order chi connectivity index (χ0) is 35.2. The molecule has 1 amide bonds. The van der Waals surface area contributed by atoms with Gasteiger partial charge in [0.15, 0.2) is 0 Å². The van der Waals surface area contributed by atoms with Crippen molar-refractivity contribution < 1.29 is 20.1 Å². The number of carbonyl (C=O) groups excluding carboxylic acids is 1. The molecule has 0 saturated heterocycles. The third-order valence-corrected chi connectivity index (χ3v) is 10.1. The van der Waals surface area contributed by atoms with Crippen LogP contribution >= 0.6 is 0 Å². The predicted octanol–water partition coefficient (Wildman–Crippen LogP) is 12.0. The molecule has 0 aromatic heterocycles. The van der Waals surface area contributed by atoms with Crippen LogP contribution in [0, 0.1) is 0 Å². The maximum Gasteiger partial charge on any atom is 0.220 e. The van der Waals surface area contributed by atoms with Crippen LogP contribution in [-0.2, 0) is 4.79 Å². The van der Waals surface area contributed by atoms with Gasteiger partial charge < -0.3 is 20.6 Å². The number of amides is 1. The van der Waals surface area contributed by atoms with Crippen LogP contribution in [0.2, 0.25) is 0 Å². The number of hydrogen-bond donors (Lipinski definition) is 4. The molecule has 286 valence electrons. The minimum Gasteiger partial charge on any atom is -0.394 e. The van der Waals surface area contributed by atoms with Gasteiger partial charge in [-0.1, -0.05) is 199 Å². The van der Waals surface area contributed by atoms with Crippen molar-refractivity contribution in [1.29, 1.82) is 0 Å². The third kappa shape index (κ3) is 33.6. The number of allylic oxidation sites excluding steroid dienone is 2. The SMILES string of the molecule is CCCCCCCCCCCCCCCC/C=C/CCCC(O)C(O)C(CO)NC(=O)CCCCCCCCCCCCCCCCC. The summed E-state index contributed by atoms with van der Waals surface area (Å²) in [5, 5.41) is 33.5. The molecule has 0 rings (SSSR count).